The molecule has 0 aromatic carbocycles. The van der Waals surface area contributed by atoms with Crippen LogP contribution in [0.2, 0.25) is 0 Å². The Morgan fingerprint density at radius 3 is 2.53 bits per heavy atom. The number of nitriles is 2. The standard InChI is InChI=1S/C12H17N3/c1-4-6-7-11(5-2)12(10-14)15(3)9-8-13/h5-7,12H,4,9H2,1-3H3/b7-6-,11-5+. The smallest absolute Gasteiger partial charge is 0.124 e. The highest BCUT2D eigenvalue weighted by Gasteiger charge is 2.15. The third-order valence-corrected chi connectivity index (χ3v) is 2.08. The van der Waals surface area contributed by atoms with Gasteiger partial charge in [0, 0.05) is 0 Å². The van der Waals surface area contributed by atoms with Crippen LogP contribution >= 0.6 is 0 Å². The van der Waals surface area contributed by atoms with Crippen LogP contribution in [0.1, 0.15) is 20.3 Å². The second-order valence-electron chi connectivity index (χ2n) is 3.20. The van der Waals surface area contributed by atoms with Gasteiger partial charge in [-0.3, -0.25) is 4.90 Å². The molecule has 3 nitrogen and oxygen atoms in total. The topological polar surface area (TPSA) is 50.8 Å². The first-order valence-electron chi connectivity index (χ1n) is 5.00. The molecule has 1 atom stereocenters. The van der Waals surface area contributed by atoms with Crippen LogP contribution in [0, 0.1) is 22.7 Å². The fraction of sp³-hybridized carbons (Fsp3) is 0.500. The zero-order chi connectivity index (χ0) is 11.7. The monoisotopic (exact) mass is 203 g/mol. The molecule has 0 heterocycles. The molecule has 0 bridgehead atoms. The van der Waals surface area contributed by atoms with Gasteiger partial charge in [-0.2, -0.15) is 10.5 Å². The molecule has 15 heavy (non-hydrogen) atoms. The third-order valence-electron chi connectivity index (χ3n) is 2.08. The van der Waals surface area contributed by atoms with Crippen LogP contribution in [-0.2, 0) is 0 Å². The van der Waals surface area contributed by atoms with E-state index in [0.717, 1.165) is 12.0 Å². The Morgan fingerprint density at radius 1 is 1.47 bits per heavy atom. The molecule has 0 aromatic rings. The number of nitrogens with zero attached hydrogens (tertiary/aromatic N) is 3. The van der Waals surface area contributed by atoms with Crippen LogP contribution in [0.25, 0.3) is 0 Å². The van der Waals surface area contributed by atoms with Gasteiger partial charge in [0.15, 0.2) is 0 Å². The molecule has 0 amide bonds. The number of likely N-dealkylation sites (N-methyl/N-ethyl adjacent to an activating group) is 1. The van der Waals surface area contributed by atoms with Crippen molar-refractivity contribution in [3.05, 3.63) is 23.8 Å². The van der Waals surface area contributed by atoms with Crippen LogP contribution in [-0.4, -0.2) is 24.5 Å². The van der Waals surface area contributed by atoms with Gasteiger partial charge >= 0.3 is 0 Å². The van der Waals surface area contributed by atoms with Crippen molar-refractivity contribution in [1.82, 2.24) is 4.90 Å². The molecule has 0 fully saturated rings. The van der Waals surface area contributed by atoms with Crippen molar-refractivity contribution < 1.29 is 0 Å². The minimum absolute atomic E-state index is 0.259. The summed E-state index contributed by atoms with van der Waals surface area (Å²) in [4.78, 5) is 1.73. The molecule has 0 N–H and O–H groups in total. The number of hydrogen-bond donors (Lipinski definition) is 0. The first-order chi connectivity index (χ1) is 7.21. The molecule has 0 spiro atoms. The molecule has 0 rings (SSSR count). The lowest BCUT2D eigenvalue weighted by Gasteiger charge is -2.20. The molecule has 0 aliphatic rings. The van der Waals surface area contributed by atoms with E-state index in [1.165, 1.54) is 0 Å². The van der Waals surface area contributed by atoms with Crippen molar-refractivity contribution in [3.8, 4) is 12.1 Å². The van der Waals surface area contributed by atoms with E-state index >= 15 is 0 Å². The van der Waals surface area contributed by atoms with Gasteiger partial charge in [-0.1, -0.05) is 25.2 Å². The Hall–Kier alpha value is -1.58. The van der Waals surface area contributed by atoms with Crippen molar-refractivity contribution in [2.75, 3.05) is 13.6 Å². The molecule has 0 saturated heterocycles. The minimum atomic E-state index is -0.336. The van der Waals surface area contributed by atoms with E-state index in [2.05, 4.69) is 6.07 Å². The van der Waals surface area contributed by atoms with Crippen molar-refractivity contribution in [3.63, 3.8) is 0 Å². The van der Waals surface area contributed by atoms with E-state index in [4.69, 9.17) is 10.5 Å². The lowest BCUT2D eigenvalue weighted by Crippen LogP contribution is -2.31. The van der Waals surface area contributed by atoms with Crippen LogP contribution in [0.5, 0.6) is 0 Å². The molecular formula is C12H17N3. The van der Waals surface area contributed by atoms with E-state index in [1.54, 1.807) is 11.9 Å². The van der Waals surface area contributed by atoms with Gasteiger partial charge in [-0.15, -0.1) is 0 Å². The molecule has 0 aliphatic carbocycles. The third kappa shape index (κ3) is 4.44. The summed E-state index contributed by atoms with van der Waals surface area (Å²) in [5, 5.41) is 17.6. The lowest BCUT2D eigenvalue weighted by molar-refractivity contribution is 0.355. The summed E-state index contributed by atoms with van der Waals surface area (Å²) in [7, 11) is 1.78. The molecule has 0 saturated carbocycles. The Morgan fingerprint density at radius 2 is 2.13 bits per heavy atom. The SMILES string of the molecule is C/C=C(\C=C/CC)C(C#N)N(C)CC#N. The van der Waals surface area contributed by atoms with E-state index in [1.807, 2.05) is 38.1 Å². The summed E-state index contributed by atoms with van der Waals surface area (Å²) in [5.41, 5.74) is 0.942. The molecule has 0 aromatic heterocycles. The highest BCUT2D eigenvalue weighted by atomic mass is 15.1. The predicted molar refractivity (Wildman–Crippen MR) is 60.8 cm³/mol. The molecule has 0 radical (unpaired) electrons. The zero-order valence-corrected chi connectivity index (χ0v) is 9.57. The summed E-state index contributed by atoms with van der Waals surface area (Å²) in [6, 6.07) is 3.91. The number of rotatable bonds is 5. The number of allylic oxidation sites excluding steroid dienone is 2. The van der Waals surface area contributed by atoms with Crippen LogP contribution in [0.3, 0.4) is 0 Å². The normalized spacial score (nSPS) is 13.9. The van der Waals surface area contributed by atoms with Crippen molar-refractivity contribution in [1.29, 1.82) is 10.5 Å². The average Bonchev–Trinajstić information content (AvgIpc) is 2.24. The van der Waals surface area contributed by atoms with Gasteiger partial charge in [-0.05, 0) is 26.0 Å². The Labute approximate surface area is 91.9 Å². The van der Waals surface area contributed by atoms with Crippen LogP contribution in [0.15, 0.2) is 23.8 Å². The number of hydrogen-bond acceptors (Lipinski definition) is 3. The summed E-state index contributed by atoms with van der Waals surface area (Å²) in [5.74, 6) is 0. The van der Waals surface area contributed by atoms with Gasteiger partial charge < -0.3 is 0 Å². The quantitative estimate of drug-likeness (QED) is 0.508. The highest BCUT2D eigenvalue weighted by Crippen LogP contribution is 2.10. The predicted octanol–water partition coefficient (Wildman–Crippen LogP) is 2.25. The fourth-order valence-corrected chi connectivity index (χ4v) is 1.23. The van der Waals surface area contributed by atoms with Crippen LogP contribution < -0.4 is 0 Å². The summed E-state index contributed by atoms with van der Waals surface area (Å²) >= 11 is 0. The molecule has 0 aliphatic heterocycles. The second kappa shape index (κ2) is 7.79. The molecule has 1 unspecified atom stereocenters. The van der Waals surface area contributed by atoms with Crippen molar-refractivity contribution >= 4 is 0 Å². The first-order valence-corrected chi connectivity index (χ1v) is 5.00. The molecule has 3 heteroatoms. The van der Waals surface area contributed by atoms with Crippen LogP contribution in [0.4, 0.5) is 0 Å². The Balaban J connectivity index is 4.73. The van der Waals surface area contributed by atoms with Crippen molar-refractivity contribution in [2.24, 2.45) is 0 Å². The van der Waals surface area contributed by atoms with E-state index in [-0.39, 0.29) is 12.6 Å². The van der Waals surface area contributed by atoms with E-state index in [9.17, 15) is 0 Å². The fourth-order valence-electron chi connectivity index (χ4n) is 1.23. The first kappa shape index (κ1) is 13.4. The largest absolute Gasteiger partial charge is 0.274 e. The summed E-state index contributed by atoms with van der Waals surface area (Å²) < 4.78 is 0. The zero-order valence-electron chi connectivity index (χ0n) is 9.57. The maximum atomic E-state index is 9.05. The van der Waals surface area contributed by atoms with E-state index in [0.29, 0.717) is 0 Å². The second-order valence-corrected chi connectivity index (χ2v) is 3.20. The van der Waals surface area contributed by atoms with Gasteiger partial charge in [0.2, 0.25) is 0 Å². The van der Waals surface area contributed by atoms with Gasteiger partial charge in [0.05, 0.1) is 18.7 Å². The van der Waals surface area contributed by atoms with Gasteiger partial charge in [-0.25, -0.2) is 0 Å². The summed E-state index contributed by atoms with van der Waals surface area (Å²) in [6.07, 6.45) is 6.81. The molecule has 80 valence electrons. The highest BCUT2D eigenvalue weighted by molar-refractivity contribution is 5.30. The lowest BCUT2D eigenvalue weighted by atomic mass is 10.1. The van der Waals surface area contributed by atoms with Gasteiger partial charge in [0.1, 0.15) is 6.04 Å². The summed E-state index contributed by atoms with van der Waals surface area (Å²) in [6.45, 7) is 4.21. The maximum Gasteiger partial charge on any atom is 0.124 e. The minimum Gasteiger partial charge on any atom is -0.274 e. The average molecular weight is 203 g/mol. The maximum absolute atomic E-state index is 9.05. The van der Waals surface area contributed by atoms with Crippen molar-refractivity contribution in [2.45, 2.75) is 26.3 Å². The Kier molecular flexibility index (Phi) is 6.97. The Bertz CT molecular complexity index is 315. The molecular weight excluding hydrogens is 186 g/mol. The van der Waals surface area contributed by atoms with Gasteiger partial charge in [0.25, 0.3) is 0 Å². The van der Waals surface area contributed by atoms with E-state index < -0.39 is 0 Å².